The van der Waals surface area contributed by atoms with E-state index in [4.69, 9.17) is 18.9 Å². The van der Waals surface area contributed by atoms with Gasteiger partial charge in [0.05, 0.1) is 32.0 Å². The average Bonchev–Trinajstić information content (AvgIpc) is 3.62. The molecule has 0 aromatic carbocycles. The maximum atomic E-state index is 13.4. The lowest BCUT2D eigenvalue weighted by Crippen LogP contribution is -2.65. The highest BCUT2D eigenvalue weighted by molar-refractivity contribution is 5.76. The lowest BCUT2D eigenvalue weighted by molar-refractivity contribution is -0.359. The molecule has 0 saturated carbocycles. The van der Waals surface area contributed by atoms with E-state index in [0.717, 1.165) is 51.4 Å². The van der Waals surface area contributed by atoms with E-state index in [9.17, 15) is 45.6 Å². The van der Waals surface area contributed by atoms with Gasteiger partial charge in [0.1, 0.15) is 48.8 Å². The Balaban J connectivity index is 1.63. The highest BCUT2D eigenvalue weighted by atomic mass is 16.7. The van der Waals surface area contributed by atoms with Gasteiger partial charge in [0.15, 0.2) is 12.6 Å². The van der Waals surface area contributed by atoms with Gasteiger partial charge in [-0.25, -0.2) is 0 Å². The molecule has 12 unspecified atom stereocenters. The van der Waals surface area contributed by atoms with Crippen molar-refractivity contribution in [1.82, 2.24) is 5.32 Å². The van der Waals surface area contributed by atoms with E-state index in [0.29, 0.717) is 12.8 Å². The molecule has 1 amide bonds. The van der Waals surface area contributed by atoms with E-state index >= 15 is 0 Å². The summed E-state index contributed by atoms with van der Waals surface area (Å²) < 4.78 is 22.9. The van der Waals surface area contributed by atoms with Crippen molar-refractivity contribution in [2.75, 3.05) is 19.8 Å². The largest absolute Gasteiger partial charge is 0.394 e. The minimum absolute atomic E-state index is 0.197. The Labute approximate surface area is 514 Å². The zero-order valence-electron chi connectivity index (χ0n) is 54.4. The summed E-state index contributed by atoms with van der Waals surface area (Å²) in [5, 5.41) is 87.6. The molecule has 2 saturated heterocycles. The molecule has 0 bridgehead atoms. The minimum Gasteiger partial charge on any atom is -0.394 e. The summed E-state index contributed by atoms with van der Waals surface area (Å²) in [5.41, 5.74) is 0. The molecule has 2 heterocycles. The summed E-state index contributed by atoms with van der Waals surface area (Å²) in [6.07, 6.45) is 49.8. The molecule has 0 aliphatic carbocycles. The van der Waals surface area contributed by atoms with Gasteiger partial charge in [0, 0.05) is 6.42 Å². The topological polar surface area (TPSA) is 228 Å². The predicted octanol–water partition coefficient (Wildman–Crippen LogP) is 14.8. The molecule has 2 rings (SSSR count). The number of hydrogen-bond donors (Lipinski definition) is 9. The van der Waals surface area contributed by atoms with Crippen LogP contribution in [0.25, 0.3) is 0 Å². The molecule has 0 aromatic rings. The second-order valence-electron chi connectivity index (χ2n) is 26.1. The number of aliphatic hydroxyl groups is 8. The number of rotatable bonds is 61. The Bertz CT molecular complexity index is 1410. The van der Waals surface area contributed by atoms with Gasteiger partial charge in [-0.05, 0) is 12.8 Å². The van der Waals surface area contributed by atoms with E-state index in [1.54, 1.807) is 0 Å². The summed E-state index contributed by atoms with van der Waals surface area (Å²) in [7, 11) is 0. The standard InChI is InChI=1S/C70H137NO13/c1-3-5-7-9-11-13-15-17-19-21-23-25-26-27-28-29-30-31-32-33-34-36-38-40-42-44-46-48-50-52-54-62(75)71-58(59(74)53-51-49-47-45-43-41-39-37-35-24-22-20-18-16-14-12-10-8-6-4-2)57-81-69-67(80)65(78)68(61(56-73)83-69)84-70-66(79)64(77)63(76)60(55-72)82-70/h58-61,63-70,72-74,76-80H,3-57H2,1-2H3,(H,71,75). The van der Waals surface area contributed by atoms with Crippen molar-refractivity contribution in [3.63, 3.8) is 0 Å². The lowest BCUT2D eigenvalue weighted by atomic mass is 9.97. The fraction of sp³-hybridized carbons (Fsp3) is 0.986. The molecule has 2 aliphatic heterocycles. The van der Waals surface area contributed by atoms with Gasteiger partial charge in [-0.1, -0.05) is 328 Å². The van der Waals surface area contributed by atoms with Crippen LogP contribution in [0, 0.1) is 0 Å². The molecule has 500 valence electrons. The van der Waals surface area contributed by atoms with Crippen molar-refractivity contribution in [2.45, 2.75) is 421 Å². The van der Waals surface area contributed by atoms with Crippen LogP contribution < -0.4 is 5.32 Å². The molecule has 9 N–H and O–H groups in total. The van der Waals surface area contributed by atoms with Crippen molar-refractivity contribution in [3.05, 3.63) is 0 Å². The van der Waals surface area contributed by atoms with Crippen LogP contribution in [0.1, 0.15) is 348 Å². The van der Waals surface area contributed by atoms with Crippen molar-refractivity contribution < 1.29 is 64.6 Å². The van der Waals surface area contributed by atoms with Crippen LogP contribution >= 0.6 is 0 Å². The highest BCUT2D eigenvalue weighted by Gasteiger charge is 2.51. The molecule has 0 aromatic heterocycles. The van der Waals surface area contributed by atoms with Gasteiger partial charge in [-0.3, -0.25) is 4.79 Å². The summed E-state index contributed by atoms with van der Waals surface area (Å²) in [4.78, 5) is 13.4. The molecule has 0 radical (unpaired) electrons. The quantitative estimate of drug-likeness (QED) is 0.0259. The smallest absolute Gasteiger partial charge is 0.220 e. The van der Waals surface area contributed by atoms with Crippen molar-refractivity contribution in [2.24, 2.45) is 0 Å². The predicted molar refractivity (Wildman–Crippen MR) is 342 cm³/mol. The molecule has 12 atom stereocenters. The normalized spacial score (nSPS) is 23.5. The monoisotopic (exact) mass is 1200 g/mol. The van der Waals surface area contributed by atoms with Crippen molar-refractivity contribution >= 4 is 5.91 Å². The first-order chi connectivity index (χ1) is 41.1. The summed E-state index contributed by atoms with van der Waals surface area (Å²) in [6.45, 7) is 2.93. The third-order valence-electron chi connectivity index (χ3n) is 18.3. The molecule has 14 heteroatoms. The number of unbranched alkanes of at least 4 members (excludes halogenated alkanes) is 48. The number of nitrogens with one attached hydrogen (secondary N) is 1. The number of carbonyl (C=O) groups is 1. The van der Waals surface area contributed by atoms with Crippen LogP contribution in [-0.4, -0.2) is 140 Å². The first-order valence-corrected chi connectivity index (χ1v) is 36.3. The van der Waals surface area contributed by atoms with Crippen LogP contribution in [-0.2, 0) is 23.7 Å². The molecule has 2 fully saturated rings. The fourth-order valence-electron chi connectivity index (χ4n) is 12.5. The Hall–Kier alpha value is -1.01. The second-order valence-corrected chi connectivity index (χ2v) is 26.1. The zero-order valence-corrected chi connectivity index (χ0v) is 54.4. The summed E-state index contributed by atoms with van der Waals surface area (Å²) >= 11 is 0. The molecular formula is C70H137NO13. The van der Waals surface area contributed by atoms with Crippen molar-refractivity contribution in [3.8, 4) is 0 Å². The zero-order chi connectivity index (χ0) is 60.9. The van der Waals surface area contributed by atoms with Gasteiger partial charge >= 0.3 is 0 Å². The van der Waals surface area contributed by atoms with Crippen LogP contribution in [0.3, 0.4) is 0 Å². The fourth-order valence-corrected chi connectivity index (χ4v) is 12.5. The SMILES string of the molecule is CCCCCCCCCCCCCCCCCCCCCCCCCCCCCCCCC(=O)NC(COC1OC(CO)C(OC2OC(CO)C(O)C(O)C2O)C(O)C1O)C(O)CCCCCCCCCCCCCCCCCCCCCC. The van der Waals surface area contributed by atoms with E-state index in [1.807, 2.05) is 0 Å². The van der Waals surface area contributed by atoms with E-state index in [2.05, 4.69) is 19.2 Å². The Morgan fingerprint density at radius 3 is 1.01 bits per heavy atom. The number of ether oxygens (including phenoxy) is 4. The Morgan fingerprint density at radius 1 is 0.381 bits per heavy atom. The maximum absolute atomic E-state index is 13.4. The third-order valence-corrected chi connectivity index (χ3v) is 18.3. The average molecular weight is 1200 g/mol. The third kappa shape index (κ3) is 39.9. The minimum atomic E-state index is -1.78. The molecule has 14 nitrogen and oxygen atoms in total. The summed E-state index contributed by atoms with van der Waals surface area (Å²) in [5.74, 6) is -0.197. The number of amides is 1. The van der Waals surface area contributed by atoms with Gasteiger partial charge in [-0.15, -0.1) is 0 Å². The van der Waals surface area contributed by atoms with Gasteiger partial charge in [0.25, 0.3) is 0 Å². The molecule has 0 spiro atoms. The van der Waals surface area contributed by atoms with E-state index < -0.39 is 86.8 Å². The van der Waals surface area contributed by atoms with Gasteiger partial charge in [0.2, 0.25) is 5.91 Å². The van der Waals surface area contributed by atoms with Gasteiger partial charge < -0.3 is 65.1 Å². The van der Waals surface area contributed by atoms with Crippen LogP contribution in [0.4, 0.5) is 0 Å². The first kappa shape index (κ1) is 79.1. The van der Waals surface area contributed by atoms with Crippen LogP contribution in [0.2, 0.25) is 0 Å². The second kappa shape index (κ2) is 56.0. The molecule has 84 heavy (non-hydrogen) atoms. The highest BCUT2D eigenvalue weighted by Crippen LogP contribution is 2.30. The maximum Gasteiger partial charge on any atom is 0.220 e. The van der Waals surface area contributed by atoms with Crippen LogP contribution in [0.5, 0.6) is 0 Å². The molecular weight excluding hydrogens is 1060 g/mol. The number of hydrogen-bond acceptors (Lipinski definition) is 13. The van der Waals surface area contributed by atoms with E-state index in [1.165, 1.54) is 270 Å². The Kier molecular flexibility index (Phi) is 52.7. The number of carbonyl (C=O) groups excluding carboxylic acids is 1. The van der Waals surface area contributed by atoms with Gasteiger partial charge in [-0.2, -0.15) is 0 Å². The lowest BCUT2D eigenvalue weighted by Gasteiger charge is -2.46. The first-order valence-electron chi connectivity index (χ1n) is 36.3. The van der Waals surface area contributed by atoms with E-state index in [-0.39, 0.29) is 12.5 Å². The van der Waals surface area contributed by atoms with Crippen molar-refractivity contribution in [1.29, 1.82) is 0 Å². The Morgan fingerprint density at radius 2 is 0.679 bits per heavy atom. The van der Waals surface area contributed by atoms with Crippen LogP contribution in [0.15, 0.2) is 0 Å². The number of aliphatic hydroxyl groups excluding tert-OH is 8. The molecule has 2 aliphatic rings. The summed E-state index contributed by atoms with van der Waals surface area (Å²) in [6, 6.07) is -0.824.